The van der Waals surface area contributed by atoms with E-state index in [1.54, 1.807) is 21.1 Å². The van der Waals surface area contributed by atoms with Crippen LogP contribution in [0.25, 0.3) is 0 Å². The molecule has 0 aromatic heterocycles. The number of esters is 2. The topological polar surface area (TPSA) is 102 Å². The number of nitrogens with zero attached hydrogens (tertiary/aromatic N) is 1. The van der Waals surface area contributed by atoms with Crippen molar-refractivity contribution in [2.75, 3.05) is 41.0 Å². The first kappa shape index (κ1) is 62.3. The molecule has 8 heteroatoms. The minimum Gasteiger partial charge on any atom is -0.544 e. The SMILES string of the molecule is CC/C=C\C/C=C\C/C=C\C/C=C\CCCCCCC(=O)OC(COCCC(C(=O)[O-])[N+](C)(C)C)COC(=O)CCCCCCCCCCCCCCCCCCCCCCCCCC. The van der Waals surface area contributed by atoms with Gasteiger partial charge in [0.2, 0.25) is 0 Å². The summed E-state index contributed by atoms with van der Waals surface area (Å²) in [7, 11) is 5.41. The lowest BCUT2D eigenvalue weighted by Gasteiger charge is -2.34. The first-order valence-corrected chi connectivity index (χ1v) is 27.2. The van der Waals surface area contributed by atoms with E-state index >= 15 is 0 Å². The average Bonchev–Trinajstić information content (AvgIpc) is 3.27. The maximum Gasteiger partial charge on any atom is 0.306 e. The highest BCUT2D eigenvalue weighted by Gasteiger charge is 2.25. The molecule has 0 N–H and O–H groups in total. The molecule has 0 aromatic carbocycles. The van der Waals surface area contributed by atoms with Gasteiger partial charge in [-0.3, -0.25) is 9.59 Å². The number of hydrogen-bond acceptors (Lipinski definition) is 7. The Morgan fingerprint density at radius 1 is 0.477 bits per heavy atom. The lowest BCUT2D eigenvalue weighted by molar-refractivity contribution is -0.889. The molecule has 8 nitrogen and oxygen atoms in total. The third-order valence-corrected chi connectivity index (χ3v) is 12.2. The van der Waals surface area contributed by atoms with Crippen LogP contribution in [0.5, 0.6) is 0 Å². The van der Waals surface area contributed by atoms with Crippen molar-refractivity contribution in [2.45, 2.75) is 257 Å². The Kier molecular flexibility index (Phi) is 45.8. The number of hydrogen-bond donors (Lipinski definition) is 0. The fourth-order valence-electron chi connectivity index (χ4n) is 8.06. The molecule has 0 saturated heterocycles. The van der Waals surface area contributed by atoms with Crippen molar-refractivity contribution >= 4 is 17.9 Å². The van der Waals surface area contributed by atoms with Crippen LogP contribution in [0, 0.1) is 0 Å². The van der Waals surface area contributed by atoms with Crippen molar-refractivity contribution in [2.24, 2.45) is 0 Å². The number of ether oxygens (including phenoxy) is 3. The van der Waals surface area contributed by atoms with Gasteiger partial charge in [-0.15, -0.1) is 0 Å². The summed E-state index contributed by atoms with van der Waals surface area (Å²) in [5.74, 6) is -1.75. The van der Waals surface area contributed by atoms with E-state index in [4.69, 9.17) is 14.2 Å². The van der Waals surface area contributed by atoms with Crippen LogP contribution in [0.2, 0.25) is 0 Å². The normalized spacial score (nSPS) is 13.2. The summed E-state index contributed by atoms with van der Waals surface area (Å²) in [6.07, 6.45) is 58.7. The molecule has 0 radical (unpaired) electrons. The molecule has 0 fully saturated rings. The van der Waals surface area contributed by atoms with Gasteiger partial charge in [0.25, 0.3) is 0 Å². The Labute approximate surface area is 401 Å². The van der Waals surface area contributed by atoms with E-state index in [1.807, 2.05) is 0 Å². The van der Waals surface area contributed by atoms with Crippen molar-refractivity contribution < 1.29 is 38.2 Å². The molecule has 0 spiro atoms. The van der Waals surface area contributed by atoms with Crippen molar-refractivity contribution in [1.29, 1.82) is 0 Å². The van der Waals surface area contributed by atoms with Gasteiger partial charge in [0.15, 0.2) is 6.10 Å². The standard InChI is InChI=1S/C57H103NO7/c1-6-8-10-12-14-16-18-20-22-24-25-26-27-28-29-30-32-33-35-37-39-41-43-45-47-55(59)64-52-53(51-63-50-49-54(57(61)62)58(3,4)5)65-56(60)48-46-44-42-40-38-36-34-31-23-21-19-17-15-13-11-9-7-2/h9,11,15,17,21,23,34,36,53-54H,6-8,10,12-14,16,18-20,22,24-33,35,37-52H2,1-5H3/b11-9-,17-15-,23-21-,36-34-. The number of carbonyl (C=O) groups excluding carboxylic acids is 3. The lowest BCUT2D eigenvalue weighted by atomic mass is 10.0. The Morgan fingerprint density at radius 2 is 0.862 bits per heavy atom. The number of unbranched alkanes of at least 4 members (excludes halogenated alkanes) is 27. The molecule has 0 heterocycles. The Hall–Kier alpha value is -2.71. The van der Waals surface area contributed by atoms with Crippen molar-refractivity contribution in [3.8, 4) is 0 Å². The van der Waals surface area contributed by atoms with Crippen molar-refractivity contribution in [1.82, 2.24) is 0 Å². The van der Waals surface area contributed by atoms with Crippen molar-refractivity contribution in [3.63, 3.8) is 0 Å². The van der Waals surface area contributed by atoms with E-state index < -0.39 is 18.1 Å². The highest BCUT2D eigenvalue weighted by Crippen LogP contribution is 2.17. The van der Waals surface area contributed by atoms with Gasteiger partial charge in [-0.25, -0.2) is 0 Å². The van der Waals surface area contributed by atoms with Crippen LogP contribution < -0.4 is 5.11 Å². The van der Waals surface area contributed by atoms with E-state index in [0.717, 1.165) is 77.0 Å². The number of quaternary nitrogens is 1. The molecule has 2 unspecified atom stereocenters. The second-order valence-electron chi connectivity index (χ2n) is 19.4. The van der Waals surface area contributed by atoms with Gasteiger partial charge in [-0.05, 0) is 51.4 Å². The predicted octanol–water partition coefficient (Wildman–Crippen LogP) is 14.6. The molecule has 2 atom stereocenters. The average molecular weight is 914 g/mol. The summed E-state index contributed by atoms with van der Waals surface area (Å²) in [5, 5.41) is 11.7. The summed E-state index contributed by atoms with van der Waals surface area (Å²) < 4.78 is 17.2. The molecule has 0 aliphatic heterocycles. The van der Waals surface area contributed by atoms with Gasteiger partial charge < -0.3 is 28.6 Å². The van der Waals surface area contributed by atoms with Crippen molar-refractivity contribution in [3.05, 3.63) is 48.6 Å². The third kappa shape index (κ3) is 46.2. The highest BCUT2D eigenvalue weighted by atomic mass is 16.6. The van der Waals surface area contributed by atoms with Gasteiger partial charge in [0, 0.05) is 19.3 Å². The number of likely N-dealkylation sites (N-methyl/N-ethyl adjacent to an activating group) is 1. The quantitative estimate of drug-likeness (QED) is 0.0259. The van der Waals surface area contributed by atoms with Crippen LogP contribution in [0.3, 0.4) is 0 Å². The van der Waals surface area contributed by atoms with E-state index in [0.29, 0.717) is 12.8 Å². The maximum absolute atomic E-state index is 12.8. The van der Waals surface area contributed by atoms with Crippen LogP contribution in [-0.2, 0) is 28.6 Å². The third-order valence-electron chi connectivity index (χ3n) is 12.2. The number of carboxylic acids is 1. The molecular weight excluding hydrogens is 811 g/mol. The first-order valence-electron chi connectivity index (χ1n) is 27.2. The van der Waals surface area contributed by atoms with Gasteiger partial charge in [-0.1, -0.05) is 223 Å². The molecule has 378 valence electrons. The molecular formula is C57H103NO7. The molecule has 65 heavy (non-hydrogen) atoms. The molecule has 0 aromatic rings. The van der Waals surface area contributed by atoms with Gasteiger partial charge in [-0.2, -0.15) is 0 Å². The predicted molar refractivity (Wildman–Crippen MR) is 273 cm³/mol. The van der Waals surface area contributed by atoms with E-state index in [9.17, 15) is 19.5 Å². The first-order chi connectivity index (χ1) is 31.6. The van der Waals surface area contributed by atoms with Gasteiger partial charge >= 0.3 is 11.9 Å². The number of carboxylic acid groups (broad SMARTS) is 1. The second kappa shape index (κ2) is 47.8. The van der Waals surface area contributed by atoms with E-state index in [2.05, 4.69) is 62.5 Å². The maximum atomic E-state index is 12.8. The van der Waals surface area contributed by atoms with Gasteiger partial charge in [0.1, 0.15) is 12.6 Å². The number of aliphatic carboxylic acids is 1. The molecule has 0 rings (SSSR count). The minimum absolute atomic E-state index is 0.0320. The van der Waals surface area contributed by atoms with Crippen LogP contribution in [-0.4, -0.2) is 75.5 Å². The number of carbonyl (C=O) groups is 3. The van der Waals surface area contributed by atoms with Crippen LogP contribution in [0.15, 0.2) is 48.6 Å². The molecule has 0 aliphatic rings. The zero-order valence-corrected chi connectivity index (χ0v) is 43.2. The Morgan fingerprint density at radius 3 is 1.28 bits per heavy atom. The Balaban J connectivity index is 4.17. The number of rotatable bonds is 49. The summed E-state index contributed by atoms with van der Waals surface area (Å²) in [4.78, 5) is 37.1. The summed E-state index contributed by atoms with van der Waals surface area (Å²) >= 11 is 0. The van der Waals surface area contributed by atoms with Crippen LogP contribution in [0.1, 0.15) is 245 Å². The molecule has 0 amide bonds. The molecule has 0 bridgehead atoms. The Bertz CT molecular complexity index is 1200. The number of allylic oxidation sites excluding steroid dienone is 8. The van der Waals surface area contributed by atoms with E-state index in [-0.39, 0.29) is 42.7 Å². The fourth-order valence-corrected chi connectivity index (χ4v) is 8.06. The summed E-state index contributed by atoms with van der Waals surface area (Å²) in [6.45, 7) is 4.56. The van der Waals surface area contributed by atoms with Gasteiger partial charge in [0.05, 0.1) is 40.3 Å². The smallest absolute Gasteiger partial charge is 0.306 e. The lowest BCUT2D eigenvalue weighted by Crippen LogP contribution is -2.55. The summed E-state index contributed by atoms with van der Waals surface area (Å²) in [6, 6.07) is -0.731. The van der Waals surface area contributed by atoms with Crippen LogP contribution >= 0.6 is 0 Å². The van der Waals surface area contributed by atoms with E-state index in [1.165, 1.54) is 135 Å². The van der Waals surface area contributed by atoms with Crippen LogP contribution in [0.4, 0.5) is 0 Å². The molecule has 0 saturated carbocycles. The highest BCUT2D eigenvalue weighted by molar-refractivity contribution is 5.70. The second-order valence-corrected chi connectivity index (χ2v) is 19.4. The zero-order chi connectivity index (χ0) is 47.7. The summed E-state index contributed by atoms with van der Waals surface area (Å²) in [5.41, 5.74) is 0. The largest absolute Gasteiger partial charge is 0.544 e. The fraction of sp³-hybridized carbons (Fsp3) is 0.807. The monoisotopic (exact) mass is 914 g/mol. The zero-order valence-electron chi connectivity index (χ0n) is 43.2. The minimum atomic E-state index is -1.13. The molecule has 0 aliphatic carbocycles.